The molecular formula is C38H35ClN2O4S. The number of nitrogens with one attached hydrogen (secondary N) is 1. The lowest BCUT2D eigenvalue weighted by Crippen LogP contribution is -2.30. The zero-order valence-corrected chi connectivity index (χ0v) is 27.2. The molecule has 3 N–H and O–H groups in total. The van der Waals surface area contributed by atoms with E-state index < -0.39 is 11.6 Å². The fraction of sp³-hybridized carbons (Fsp3) is 0.184. The van der Waals surface area contributed by atoms with E-state index in [1.165, 1.54) is 17.8 Å². The highest BCUT2D eigenvalue weighted by Crippen LogP contribution is 2.29. The molecule has 6 nitrogen and oxygen atoms in total. The molecular weight excluding hydrogens is 616 g/mol. The first-order chi connectivity index (χ1) is 22.1. The summed E-state index contributed by atoms with van der Waals surface area (Å²) in [7, 11) is 0. The number of aromatic nitrogens is 1. The molecule has 0 radical (unpaired) electrons. The second-order valence-corrected chi connectivity index (χ2v) is 13.0. The average molecular weight is 651 g/mol. The van der Waals surface area contributed by atoms with Gasteiger partial charge in [0.2, 0.25) is 5.91 Å². The van der Waals surface area contributed by atoms with E-state index in [0.29, 0.717) is 22.8 Å². The van der Waals surface area contributed by atoms with Gasteiger partial charge in [-0.15, -0.1) is 11.8 Å². The molecule has 1 amide bonds. The van der Waals surface area contributed by atoms with Gasteiger partial charge in [0.25, 0.3) is 0 Å². The predicted molar refractivity (Wildman–Crippen MR) is 187 cm³/mol. The quantitative estimate of drug-likeness (QED) is 0.117. The van der Waals surface area contributed by atoms with Crippen LogP contribution in [0, 0.1) is 0 Å². The van der Waals surface area contributed by atoms with Crippen LogP contribution in [0.2, 0.25) is 5.02 Å². The number of amides is 1. The van der Waals surface area contributed by atoms with Crippen molar-refractivity contribution in [2.75, 3.05) is 5.75 Å². The van der Waals surface area contributed by atoms with Gasteiger partial charge in [0, 0.05) is 15.3 Å². The van der Waals surface area contributed by atoms with E-state index in [1.54, 1.807) is 32.0 Å². The molecule has 0 saturated carbocycles. The summed E-state index contributed by atoms with van der Waals surface area (Å²) in [6.45, 7) is 3.54. The lowest BCUT2D eigenvalue weighted by atomic mass is 9.89. The Morgan fingerprint density at radius 3 is 2.50 bits per heavy atom. The number of thioether (sulfide) groups is 1. The molecule has 0 spiro atoms. The second-order valence-electron chi connectivity index (χ2n) is 11.5. The number of carboxylic acids is 1. The highest BCUT2D eigenvalue weighted by Gasteiger charge is 2.22. The highest BCUT2D eigenvalue weighted by molar-refractivity contribution is 8.00. The number of halogens is 1. The Morgan fingerprint density at radius 1 is 0.935 bits per heavy atom. The number of aliphatic hydroxyl groups is 1. The third-order valence-corrected chi connectivity index (χ3v) is 8.93. The monoisotopic (exact) mass is 650 g/mol. The predicted octanol–water partition coefficient (Wildman–Crippen LogP) is 8.57. The molecule has 0 saturated heterocycles. The minimum Gasteiger partial charge on any atom is -0.478 e. The van der Waals surface area contributed by atoms with Crippen molar-refractivity contribution in [1.29, 1.82) is 0 Å². The minimum atomic E-state index is -1.03. The van der Waals surface area contributed by atoms with Crippen LogP contribution in [0.1, 0.15) is 64.6 Å². The van der Waals surface area contributed by atoms with Crippen molar-refractivity contribution in [2.24, 2.45) is 0 Å². The topological polar surface area (TPSA) is 99.5 Å². The second kappa shape index (κ2) is 14.8. The van der Waals surface area contributed by atoms with Crippen molar-refractivity contribution >= 4 is 58.3 Å². The number of hydrogen-bond acceptors (Lipinski definition) is 5. The number of carboxylic acid groups (broad SMARTS) is 1. The van der Waals surface area contributed by atoms with E-state index in [0.717, 1.165) is 38.9 Å². The summed E-state index contributed by atoms with van der Waals surface area (Å²) >= 11 is 7.37. The number of hydrogen-bond donors (Lipinski definition) is 3. The Bertz CT molecular complexity index is 1900. The van der Waals surface area contributed by atoms with Crippen LogP contribution in [0.15, 0.2) is 108 Å². The lowest BCUT2D eigenvalue weighted by molar-refractivity contribution is -0.119. The lowest BCUT2D eigenvalue weighted by Gasteiger charge is -2.24. The third-order valence-electron chi connectivity index (χ3n) is 7.63. The summed E-state index contributed by atoms with van der Waals surface area (Å²) in [5.41, 5.74) is 4.53. The number of fused-ring (bicyclic) bond motifs is 1. The van der Waals surface area contributed by atoms with E-state index in [4.69, 9.17) is 16.6 Å². The Labute approximate surface area is 278 Å². The minimum absolute atomic E-state index is 0.0678. The van der Waals surface area contributed by atoms with Crippen molar-refractivity contribution < 1.29 is 19.8 Å². The molecule has 0 aliphatic rings. The van der Waals surface area contributed by atoms with Crippen LogP contribution in [0.3, 0.4) is 0 Å². The van der Waals surface area contributed by atoms with Gasteiger partial charge in [-0.2, -0.15) is 0 Å². The van der Waals surface area contributed by atoms with Gasteiger partial charge in [0.1, 0.15) is 0 Å². The van der Waals surface area contributed by atoms with Crippen molar-refractivity contribution in [3.05, 3.63) is 142 Å². The molecule has 0 fully saturated rings. The number of pyridine rings is 1. The maximum absolute atomic E-state index is 13.3. The Kier molecular flexibility index (Phi) is 10.6. The number of rotatable bonds is 12. The number of nitrogens with zero attached hydrogens (tertiary/aromatic N) is 1. The molecule has 5 rings (SSSR count). The van der Waals surface area contributed by atoms with Crippen molar-refractivity contribution in [3.8, 4) is 0 Å². The Hall–Kier alpha value is -4.43. The zero-order valence-electron chi connectivity index (χ0n) is 25.6. The highest BCUT2D eigenvalue weighted by atomic mass is 35.5. The fourth-order valence-electron chi connectivity index (χ4n) is 5.37. The van der Waals surface area contributed by atoms with Gasteiger partial charge in [0.15, 0.2) is 0 Å². The first kappa shape index (κ1) is 32.9. The molecule has 0 bridgehead atoms. The number of aromatic carboxylic acids is 1. The van der Waals surface area contributed by atoms with Gasteiger partial charge in [-0.1, -0.05) is 84.4 Å². The summed E-state index contributed by atoms with van der Waals surface area (Å²) in [6.07, 6.45) is 5.16. The third kappa shape index (κ3) is 8.63. The molecule has 46 heavy (non-hydrogen) atoms. The number of benzene rings is 4. The number of carbonyl (C=O) groups excluding carboxylic acids is 1. The van der Waals surface area contributed by atoms with E-state index in [1.807, 2.05) is 91.0 Å². The Morgan fingerprint density at radius 2 is 1.70 bits per heavy atom. The first-order valence-electron chi connectivity index (χ1n) is 15.0. The average Bonchev–Trinajstić information content (AvgIpc) is 3.04. The summed E-state index contributed by atoms with van der Waals surface area (Å²) in [5.74, 6) is -1.16. The van der Waals surface area contributed by atoms with Crippen LogP contribution in [0.25, 0.3) is 23.1 Å². The largest absolute Gasteiger partial charge is 0.478 e. The maximum atomic E-state index is 13.3. The molecule has 4 aromatic carbocycles. The summed E-state index contributed by atoms with van der Waals surface area (Å²) in [5, 5.41) is 25.1. The van der Waals surface area contributed by atoms with E-state index in [2.05, 4.69) is 5.32 Å². The molecule has 0 aliphatic carbocycles. The molecule has 5 aromatic rings. The molecule has 1 atom stereocenters. The van der Waals surface area contributed by atoms with Crippen LogP contribution in [-0.4, -0.2) is 32.8 Å². The summed E-state index contributed by atoms with van der Waals surface area (Å²) in [6, 6.07) is 31.8. The van der Waals surface area contributed by atoms with Gasteiger partial charge in [0.05, 0.1) is 34.2 Å². The molecule has 1 unspecified atom stereocenters. The smallest absolute Gasteiger partial charge is 0.336 e. The molecule has 1 heterocycles. The number of aryl methyl sites for hydroxylation is 1. The van der Waals surface area contributed by atoms with Crippen LogP contribution in [0.5, 0.6) is 0 Å². The standard InChI is InChI=1S/C38H35ClN2O4S/c1-38(2,45)32-12-5-3-9-26(32)17-21-33(41-36(42)24-46-35-13-6-4-11-31(35)37(43)44)28-10-7-8-25(22-28)14-19-30-20-16-27-15-18-29(39)23-34(27)40-30/h3-16,18-20,22-23,33,45H,17,21,24H2,1-2H3,(H,41,42)(H,43,44)/b19-14+. The van der Waals surface area contributed by atoms with E-state index in [9.17, 15) is 19.8 Å². The Balaban J connectivity index is 1.37. The van der Waals surface area contributed by atoms with Gasteiger partial charge < -0.3 is 15.5 Å². The SMILES string of the molecule is CC(C)(O)c1ccccc1CCC(NC(=O)CSc1ccccc1C(=O)O)c1cccc(/C=C/c2ccc3ccc(Cl)cc3n2)c1. The van der Waals surface area contributed by atoms with Crippen molar-refractivity contribution in [2.45, 2.75) is 43.2 Å². The van der Waals surface area contributed by atoms with E-state index in [-0.39, 0.29) is 23.3 Å². The summed E-state index contributed by atoms with van der Waals surface area (Å²) < 4.78 is 0. The van der Waals surface area contributed by atoms with Gasteiger partial charge in [-0.05, 0) is 91.4 Å². The van der Waals surface area contributed by atoms with Crippen LogP contribution >= 0.6 is 23.4 Å². The molecule has 0 aliphatic heterocycles. The van der Waals surface area contributed by atoms with Gasteiger partial charge >= 0.3 is 5.97 Å². The first-order valence-corrected chi connectivity index (χ1v) is 16.3. The fourth-order valence-corrected chi connectivity index (χ4v) is 6.39. The maximum Gasteiger partial charge on any atom is 0.336 e. The molecule has 1 aromatic heterocycles. The normalized spacial score (nSPS) is 12.3. The van der Waals surface area contributed by atoms with Crippen LogP contribution in [0.4, 0.5) is 0 Å². The molecule has 234 valence electrons. The summed E-state index contributed by atoms with van der Waals surface area (Å²) in [4.78, 5) is 30.2. The van der Waals surface area contributed by atoms with E-state index >= 15 is 0 Å². The molecule has 8 heteroatoms. The number of carbonyl (C=O) groups is 2. The van der Waals surface area contributed by atoms with Crippen LogP contribution < -0.4 is 5.32 Å². The van der Waals surface area contributed by atoms with Gasteiger partial charge in [-0.3, -0.25) is 4.79 Å². The van der Waals surface area contributed by atoms with Crippen molar-refractivity contribution in [1.82, 2.24) is 10.3 Å². The van der Waals surface area contributed by atoms with Gasteiger partial charge in [-0.25, -0.2) is 9.78 Å². The van der Waals surface area contributed by atoms with Crippen LogP contribution in [-0.2, 0) is 16.8 Å². The van der Waals surface area contributed by atoms with Crippen molar-refractivity contribution in [3.63, 3.8) is 0 Å². The zero-order chi connectivity index (χ0) is 32.7.